The maximum absolute atomic E-state index is 12.6. The second-order valence-electron chi connectivity index (χ2n) is 3.09. The summed E-state index contributed by atoms with van der Waals surface area (Å²) in [5, 5.41) is 0. The molecule has 0 spiro atoms. The van der Waals surface area contributed by atoms with Gasteiger partial charge in [0.05, 0.1) is 5.56 Å². The highest BCUT2D eigenvalue weighted by molar-refractivity contribution is 7.86. The third-order valence-electron chi connectivity index (χ3n) is 1.85. The van der Waals surface area contributed by atoms with Gasteiger partial charge < -0.3 is 4.89 Å². The highest BCUT2D eigenvalue weighted by Crippen LogP contribution is 2.34. The van der Waals surface area contributed by atoms with Gasteiger partial charge in [-0.2, -0.15) is 21.6 Å². The van der Waals surface area contributed by atoms with Crippen molar-refractivity contribution in [3.05, 3.63) is 29.8 Å². The van der Waals surface area contributed by atoms with Crippen LogP contribution in [-0.2, 0) is 29.6 Å². The molecule has 0 bridgehead atoms. The Kier molecular flexibility index (Phi) is 5.11. The van der Waals surface area contributed by atoms with E-state index in [9.17, 15) is 26.2 Å². The predicted molar refractivity (Wildman–Crippen MR) is 56.9 cm³/mol. The van der Waals surface area contributed by atoms with Crippen LogP contribution in [0.5, 0.6) is 0 Å². The Morgan fingerprint density at radius 2 is 1.84 bits per heavy atom. The summed E-state index contributed by atoms with van der Waals surface area (Å²) >= 11 is 0. The molecule has 19 heavy (non-hydrogen) atoms. The van der Waals surface area contributed by atoms with Crippen LogP contribution in [0.2, 0.25) is 0 Å². The van der Waals surface area contributed by atoms with Crippen LogP contribution in [0.1, 0.15) is 5.56 Å². The van der Waals surface area contributed by atoms with Crippen molar-refractivity contribution in [1.82, 2.24) is 0 Å². The lowest BCUT2D eigenvalue weighted by molar-refractivity contribution is -0.140. The number of halogens is 3. The predicted octanol–water partition coefficient (Wildman–Crippen LogP) is 1.77. The molecule has 1 unspecified atom stereocenters. The highest BCUT2D eigenvalue weighted by atomic mass is 32.2. The molecule has 0 aromatic heterocycles. The Morgan fingerprint density at radius 1 is 1.26 bits per heavy atom. The lowest BCUT2D eigenvalue weighted by Crippen LogP contribution is -2.15. The molecule has 1 rings (SSSR count). The van der Waals surface area contributed by atoms with Crippen LogP contribution in [0.3, 0.4) is 0 Å². The van der Waals surface area contributed by atoms with E-state index in [0.717, 1.165) is 12.1 Å². The van der Waals surface area contributed by atoms with E-state index in [4.69, 9.17) is 4.89 Å². The fraction of sp³-hybridized carbons (Fsp3) is 0.250. The molecule has 0 saturated carbocycles. The van der Waals surface area contributed by atoms with Crippen molar-refractivity contribution in [2.45, 2.75) is 11.1 Å². The summed E-state index contributed by atoms with van der Waals surface area (Å²) in [5.74, 6) is 0. The van der Waals surface area contributed by atoms with Crippen molar-refractivity contribution in [1.29, 1.82) is 0 Å². The van der Waals surface area contributed by atoms with Crippen molar-refractivity contribution in [2.75, 3.05) is 6.79 Å². The van der Waals surface area contributed by atoms with Gasteiger partial charge in [-0.1, -0.05) is 12.1 Å². The van der Waals surface area contributed by atoms with Gasteiger partial charge in [0.25, 0.3) is 10.1 Å². The van der Waals surface area contributed by atoms with Crippen molar-refractivity contribution >= 4 is 18.4 Å². The molecule has 0 amide bonds. The minimum Gasteiger partial charge on any atom is -0.326 e. The summed E-state index contributed by atoms with van der Waals surface area (Å²) in [4.78, 5) is 7.18. The number of hydrogen-bond acceptors (Lipinski definition) is 5. The van der Waals surface area contributed by atoms with Gasteiger partial charge in [-0.05, 0) is 12.1 Å². The maximum atomic E-state index is 12.6. The molecule has 11 heteroatoms. The Morgan fingerprint density at radius 3 is 2.37 bits per heavy atom. The van der Waals surface area contributed by atoms with Crippen LogP contribution >= 0.6 is 8.25 Å². The molecule has 0 aliphatic rings. The van der Waals surface area contributed by atoms with E-state index < -0.39 is 41.8 Å². The van der Waals surface area contributed by atoms with Gasteiger partial charge in [-0.25, -0.2) is 4.18 Å². The monoisotopic (exact) mass is 320 g/mol. The second kappa shape index (κ2) is 6.02. The van der Waals surface area contributed by atoms with E-state index in [1.165, 1.54) is 0 Å². The molecular formula is C8H8F3O6PS. The molecule has 0 heterocycles. The zero-order valence-electron chi connectivity index (χ0n) is 9.05. The smallest absolute Gasteiger partial charge is 0.326 e. The van der Waals surface area contributed by atoms with Gasteiger partial charge in [0.2, 0.25) is 0 Å². The van der Waals surface area contributed by atoms with E-state index in [1.54, 1.807) is 0 Å². The Balaban J connectivity index is 3.05. The Labute approximate surface area is 106 Å². The van der Waals surface area contributed by atoms with E-state index in [0.29, 0.717) is 12.1 Å². The summed E-state index contributed by atoms with van der Waals surface area (Å²) in [6.07, 6.45) is -4.88. The second-order valence-corrected chi connectivity index (χ2v) is 5.50. The molecule has 0 radical (unpaired) electrons. The maximum Gasteiger partial charge on any atom is 0.417 e. The molecule has 0 aliphatic carbocycles. The van der Waals surface area contributed by atoms with Crippen LogP contribution in [0, 0.1) is 0 Å². The molecule has 0 fully saturated rings. The Hall–Kier alpha value is -0.930. The first-order valence-corrected chi connectivity index (χ1v) is 7.23. The molecule has 6 nitrogen and oxygen atoms in total. The number of alkyl halides is 3. The van der Waals surface area contributed by atoms with Gasteiger partial charge in [-0.3, -0.25) is 9.09 Å². The van der Waals surface area contributed by atoms with Gasteiger partial charge in [-0.15, -0.1) is 0 Å². The van der Waals surface area contributed by atoms with E-state index in [-0.39, 0.29) is 0 Å². The fourth-order valence-corrected chi connectivity index (χ4v) is 2.37. The Bertz CT molecular complexity index is 570. The number of benzene rings is 1. The minimum atomic E-state index is -4.88. The van der Waals surface area contributed by atoms with Crippen LogP contribution in [-0.4, -0.2) is 20.1 Å². The summed E-state index contributed by atoms with van der Waals surface area (Å²) in [7, 11) is -8.19. The zero-order valence-corrected chi connectivity index (χ0v) is 10.9. The van der Waals surface area contributed by atoms with Crippen LogP contribution in [0.25, 0.3) is 0 Å². The molecule has 0 saturated heterocycles. The first kappa shape index (κ1) is 16.1. The lowest BCUT2D eigenvalue weighted by atomic mass is 10.2. The molecule has 108 valence electrons. The largest absolute Gasteiger partial charge is 0.417 e. The van der Waals surface area contributed by atoms with Crippen molar-refractivity contribution in [2.24, 2.45) is 0 Å². The molecule has 1 aromatic carbocycles. The van der Waals surface area contributed by atoms with E-state index >= 15 is 0 Å². The van der Waals surface area contributed by atoms with Gasteiger partial charge in [0.1, 0.15) is 4.90 Å². The van der Waals surface area contributed by atoms with Crippen LogP contribution < -0.4 is 0 Å². The molecule has 1 atom stereocenters. The van der Waals surface area contributed by atoms with Gasteiger partial charge in [0.15, 0.2) is 6.79 Å². The SMILES string of the molecule is O=[PH](O)OCOS(=O)(=O)c1ccccc1C(F)(F)F. The fourth-order valence-electron chi connectivity index (χ4n) is 1.12. The number of hydrogen-bond donors (Lipinski definition) is 1. The quantitative estimate of drug-likeness (QED) is 0.505. The highest BCUT2D eigenvalue weighted by Gasteiger charge is 2.37. The van der Waals surface area contributed by atoms with Gasteiger partial charge in [0, 0.05) is 0 Å². The standard InChI is InChI=1S/C8H8F3O6PS/c9-8(10,11)6-3-1-2-4-7(6)19(14,15)17-5-16-18(12)13/h1-4,18H,5H2,(H,12,13). The topological polar surface area (TPSA) is 89.9 Å². The van der Waals surface area contributed by atoms with E-state index in [2.05, 4.69) is 8.71 Å². The molecule has 1 N–H and O–H groups in total. The first-order chi connectivity index (χ1) is 8.64. The lowest BCUT2D eigenvalue weighted by Gasteiger charge is -2.12. The summed E-state index contributed by atoms with van der Waals surface area (Å²) in [6, 6.07) is 3.39. The van der Waals surface area contributed by atoms with Crippen LogP contribution in [0.15, 0.2) is 29.2 Å². The minimum absolute atomic E-state index is 0.575. The third kappa shape index (κ3) is 4.59. The van der Waals surface area contributed by atoms with Crippen molar-refractivity contribution in [3.63, 3.8) is 0 Å². The number of rotatable bonds is 5. The zero-order chi connectivity index (χ0) is 14.7. The normalized spacial score (nSPS) is 14.3. The first-order valence-electron chi connectivity index (χ1n) is 4.56. The van der Waals surface area contributed by atoms with E-state index in [1.807, 2.05) is 0 Å². The van der Waals surface area contributed by atoms with Crippen molar-refractivity contribution in [3.8, 4) is 0 Å². The van der Waals surface area contributed by atoms with Crippen molar-refractivity contribution < 1.29 is 39.8 Å². The summed E-state index contributed by atoms with van der Waals surface area (Å²) in [5.41, 5.74) is -1.40. The molecule has 0 aliphatic heterocycles. The van der Waals surface area contributed by atoms with Crippen LogP contribution in [0.4, 0.5) is 13.2 Å². The molecular weight excluding hydrogens is 312 g/mol. The molecule has 1 aromatic rings. The summed E-state index contributed by atoms with van der Waals surface area (Å²) < 4.78 is 79.0. The van der Waals surface area contributed by atoms with Gasteiger partial charge >= 0.3 is 14.4 Å². The summed E-state index contributed by atoms with van der Waals surface area (Å²) in [6.45, 7) is -1.15. The average molecular weight is 320 g/mol. The third-order valence-corrected chi connectivity index (χ3v) is 3.51. The average Bonchev–Trinajstić information content (AvgIpc) is 2.27.